The van der Waals surface area contributed by atoms with Crippen molar-refractivity contribution in [2.45, 2.75) is 13.0 Å². The van der Waals surface area contributed by atoms with Gasteiger partial charge in [-0.1, -0.05) is 23.7 Å². The van der Waals surface area contributed by atoms with E-state index in [9.17, 15) is 9.59 Å². The zero-order chi connectivity index (χ0) is 16.8. The van der Waals surface area contributed by atoms with Crippen LogP contribution in [0.25, 0.3) is 10.6 Å². The zero-order valence-corrected chi connectivity index (χ0v) is 14.0. The van der Waals surface area contributed by atoms with Crippen molar-refractivity contribution >= 4 is 34.9 Å². The highest BCUT2D eigenvalue weighted by molar-refractivity contribution is 7.15. The normalized spacial score (nSPS) is 10.3. The van der Waals surface area contributed by atoms with Crippen LogP contribution in [0.5, 0.6) is 0 Å². The highest BCUT2D eigenvalue weighted by Gasteiger charge is 2.11. The van der Waals surface area contributed by atoms with Crippen molar-refractivity contribution in [3.05, 3.63) is 40.4 Å². The molecule has 0 aliphatic carbocycles. The van der Waals surface area contributed by atoms with E-state index in [1.54, 1.807) is 25.4 Å². The number of aliphatic carboxylic acids is 1. The summed E-state index contributed by atoms with van der Waals surface area (Å²) in [6, 6.07) is 7.08. The second-order valence-corrected chi connectivity index (χ2v) is 6.41. The summed E-state index contributed by atoms with van der Waals surface area (Å²) in [5.41, 5.74) is 0.968. The summed E-state index contributed by atoms with van der Waals surface area (Å²) in [4.78, 5) is 28.9. The molecule has 122 valence electrons. The molecule has 2 N–H and O–H groups in total. The Balaban J connectivity index is 1.88. The fraction of sp³-hybridized carbons (Fsp3) is 0.267. The Bertz CT molecular complexity index is 688. The number of benzene rings is 1. The van der Waals surface area contributed by atoms with Gasteiger partial charge in [-0.05, 0) is 12.1 Å². The predicted octanol–water partition coefficient (Wildman–Crippen LogP) is 3.08. The van der Waals surface area contributed by atoms with E-state index in [4.69, 9.17) is 16.7 Å². The summed E-state index contributed by atoms with van der Waals surface area (Å²) in [6.45, 7) is 0.515. The number of rotatable bonds is 6. The van der Waals surface area contributed by atoms with Gasteiger partial charge in [0.1, 0.15) is 5.01 Å². The highest BCUT2D eigenvalue weighted by atomic mass is 35.5. The SMILES string of the molecule is CN(CCC(=O)O)C(=O)NCc1cnc(-c2ccc(Cl)cc2)s1. The summed E-state index contributed by atoms with van der Waals surface area (Å²) < 4.78 is 0. The molecule has 1 aromatic carbocycles. The van der Waals surface area contributed by atoms with Gasteiger partial charge < -0.3 is 15.3 Å². The van der Waals surface area contributed by atoms with Gasteiger partial charge in [0.05, 0.1) is 13.0 Å². The molecule has 0 spiro atoms. The number of aromatic nitrogens is 1. The first-order valence-electron chi connectivity index (χ1n) is 6.87. The molecule has 0 saturated heterocycles. The molecule has 0 fully saturated rings. The molecule has 0 radical (unpaired) electrons. The van der Waals surface area contributed by atoms with Crippen molar-refractivity contribution in [1.29, 1.82) is 0 Å². The number of carbonyl (C=O) groups is 2. The molecule has 0 saturated carbocycles. The second-order valence-electron chi connectivity index (χ2n) is 4.86. The van der Waals surface area contributed by atoms with Gasteiger partial charge >= 0.3 is 12.0 Å². The molecule has 1 aromatic heterocycles. The van der Waals surface area contributed by atoms with Gasteiger partial charge in [0, 0.05) is 35.3 Å². The number of nitrogens with zero attached hydrogens (tertiary/aromatic N) is 2. The predicted molar refractivity (Wildman–Crippen MR) is 89.7 cm³/mol. The molecule has 2 rings (SSSR count). The van der Waals surface area contributed by atoms with Crippen LogP contribution in [0.2, 0.25) is 5.02 Å². The van der Waals surface area contributed by atoms with Crippen molar-refractivity contribution in [3.8, 4) is 10.6 Å². The first-order valence-corrected chi connectivity index (χ1v) is 8.06. The monoisotopic (exact) mass is 353 g/mol. The van der Waals surface area contributed by atoms with Gasteiger partial charge in [-0.25, -0.2) is 9.78 Å². The van der Waals surface area contributed by atoms with Crippen molar-refractivity contribution in [1.82, 2.24) is 15.2 Å². The summed E-state index contributed by atoms with van der Waals surface area (Å²) in [6.07, 6.45) is 1.64. The molecule has 6 nitrogen and oxygen atoms in total. The third-order valence-corrected chi connectivity index (χ3v) is 4.36. The van der Waals surface area contributed by atoms with E-state index in [0.29, 0.717) is 11.6 Å². The van der Waals surface area contributed by atoms with Crippen LogP contribution in [0.1, 0.15) is 11.3 Å². The number of urea groups is 1. The Kier molecular flexibility index (Phi) is 5.95. The van der Waals surface area contributed by atoms with Crippen LogP contribution in [0.4, 0.5) is 4.79 Å². The van der Waals surface area contributed by atoms with Gasteiger partial charge in [0.2, 0.25) is 0 Å². The van der Waals surface area contributed by atoms with Gasteiger partial charge in [-0.15, -0.1) is 11.3 Å². The standard InChI is InChI=1S/C15H16ClN3O3S/c1-19(7-6-13(20)21)15(22)18-9-12-8-17-14(23-12)10-2-4-11(16)5-3-10/h2-5,8H,6-7,9H2,1H3,(H,18,22)(H,20,21). The third kappa shape index (κ3) is 5.22. The molecule has 0 aliphatic heterocycles. The molecule has 23 heavy (non-hydrogen) atoms. The van der Waals surface area contributed by atoms with E-state index in [0.717, 1.165) is 15.4 Å². The van der Waals surface area contributed by atoms with Crippen LogP contribution >= 0.6 is 22.9 Å². The number of hydrogen-bond donors (Lipinski definition) is 2. The molecule has 1 heterocycles. The van der Waals surface area contributed by atoms with Crippen LogP contribution in [0, 0.1) is 0 Å². The minimum absolute atomic E-state index is 0.0782. The number of carboxylic acid groups (broad SMARTS) is 1. The molecule has 0 atom stereocenters. The lowest BCUT2D eigenvalue weighted by Gasteiger charge is -2.16. The number of thiazole rings is 1. The Hall–Kier alpha value is -2.12. The zero-order valence-electron chi connectivity index (χ0n) is 12.5. The maximum absolute atomic E-state index is 11.8. The lowest BCUT2D eigenvalue weighted by molar-refractivity contribution is -0.137. The fourth-order valence-electron chi connectivity index (χ4n) is 1.78. The van der Waals surface area contributed by atoms with E-state index in [1.807, 2.05) is 12.1 Å². The lowest BCUT2D eigenvalue weighted by atomic mass is 10.2. The molecule has 8 heteroatoms. The van der Waals surface area contributed by atoms with Crippen molar-refractivity contribution in [2.24, 2.45) is 0 Å². The number of carboxylic acids is 1. The Morgan fingerprint density at radius 1 is 1.35 bits per heavy atom. The first-order chi connectivity index (χ1) is 11.0. The van der Waals surface area contributed by atoms with Crippen molar-refractivity contribution in [2.75, 3.05) is 13.6 Å². The van der Waals surface area contributed by atoms with Crippen molar-refractivity contribution < 1.29 is 14.7 Å². The second kappa shape index (κ2) is 7.94. The topological polar surface area (TPSA) is 82.5 Å². The van der Waals surface area contributed by atoms with E-state index in [2.05, 4.69) is 10.3 Å². The number of amides is 2. The third-order valence-electron chi connectivity index (χ3n) is 3.07. The molecular weight excluding hydrogens is 338 g/mol. The molecule has 2 aromatic rings. The average molecular weight is 354 g/mol. The van der Waals surface area contributed by atoms with Crippen LogP contribution in [0.3, 0.4) is 0 Å². The molecule has 2 amide bonds. The smallest absolute Gasteiger partial charge is 0.317 e. The Labute approximate surface area is 142 Å². The maximum atomic E-state index is 11.8. The summed E-state index contributed by atoms with van der Waals surface area (Å²) >= 11 is 7.34. The molecule has 0 bridgehead atoms. The molecular formula is C15H16ClN3O3S. The minimum Gasteiger partial charge on any atom is -0.481 e. The highest BCUT2D eigenvalue weighted by Crippen LogP contribution is 2.26. The number of halogens is 1. The van der Waals surface area contributed by atoms with Gasteiger partial charge in [-0.3, -0.25) is 4.79 Å². The van der Waals surface area contributed by atoms with E-state index >= 15 is 0 Å². The van der Waals surface area contributed by atoms with Crippen LogP contribution in [-0.2, 0) is 11.3 Å². The van der Waals surface area contributed by atoms with Gasteiger partial charge in [0.15, 0.2) is 0 Å². The quantitative estimate of drug-likeness (QED) is 0.836. The number of carbonyl (C=O) groups excluding carboxylic acids is 1. The summed E-state index contributed by atoms with van der Waals surface area (Å²) in [7, 11) is 1.56. The summed E-state index contributed by atoms with van der Waals surface area (Å²) in [5.74, 6) is -0.931. The fourth-order valence-corrected chi connectivity index (χ4v) is 2.76. The van der Waals surface area contributed by atoms with E-state index in [1.165, 1.54) is 16.2 Å². The Morgan fingerprint density at radius 3 is 2.70 bits per heavy atom. The van der Waals surface area contributed by atoms with Crippen LogP contribution in [0.15, 0.2) is 30.5 Å². The van der Waals surface area contributed by atoms with E-state index < -0.39 is 5.97 Å². The summed E-state index contributed by atoms with van der Waals surface area (Å²) in [5, 5.41) is 12.9. The van der Waals surface area contributed by atoms with Gasteiger partial charge in [-0.2, -0.15) is 0 Å². The molecule has 0 unspecified atom stereocenters. The molecule has 0 aliphatic rings. The van der Waals surface area contributed by atoms with Crippen molar-refractivity contribution in [3.63, 3.8) is 0 Å². The minimum atomic E-state index is -0.931. The van der Waals surface area contributed by atoms with Crippen LogP contribution in [-0.4, -0.2) is 40.6 Å². The number of hydrogen-bond acceptors (Lipinski definition) is 4. The maximum Gasteiger partial charge on any atom is 0.317 e. The van der Waals surface area contributed by atoms with Gasteiger partial charge in [0.25, 0.3) is 0 Å². The lowest BCUT2D eigenvalue weighted by Crippen LogP contribution is -2.37. The largest absolute Gasteiger partial charge is 0.481 e. The average Bonchev–Trinajstić information content (AvgIpc) is 2.99. The van der Waals surface area contributed by atoms with Crippen LogP contribution < -0.4 is 5.32 Å². The Morgan fingerprint density at radius 2 is 2.04 bits per heavy atom. The number of nitrogens with one attached hydrogen (secondary N) is 1. The van der Waals surface area contributed by atoms with E-state index in [-0.39, 0.29) is 19.0 Å². The first kappa shape index (κ1) is 17.2.